The highest BCUT2D eigenvalue weighted by Crippen LogP contribution is 2.13. The topological polar surface area (TPSA) is 78.9 Å². The summed E-state index contributed by atoms with van der Waals surface area (Å²) in [7, 11) is 0. The molecule has 0 amide bonds. The van der Waals surface area contributed by atoms with Crippen LogP contribution in [0.2, 0.25) is 0 Å². The number of esters is 3. The van der Waals surface area contributed by atoms with Gasteiger partial charge in [-0.15, -0.1) is 0 Å². The van der Waals surface area contributed by atoms with E-state index in [2.05, 4.69) is 130 Å². The van der Waals surface area contributed by atoms with Crippen molar-refractivity contribution in [2.24, 2.45) is 0 Å². The number of hydrogen-bond donors (Lipinski definition) is 0. The van der Waals surface area contributed by atoms with Crippen LogP contribution in [0.3, 0.4) is 0 Å². The summed E-state index contributed by atoms with van der Waals surface area (Å²) in [4.78, 5) is 38.1. The third-order valence-electron chi connectivity index (χ3n) is 11.2. The summed E-state index contributed by atoms with van der Waals surface area (Å²) in [6.07, 6.45) is 73.5. The Labute approximate surface area is 412 Å². The van der Waals surface area contributed by atoms with Crippen LogP contribution in [-0.2, 0) is 28.6 Å². The third kappa shape index (κ3) is 52.9. The van der Waals surface area contributed by atoms with E-state index >= 15 is 0 Å². The zero-order valence-electron chi connectivity index (χ0n) is 43.4. The van der Waals surface area contributed by atoms with E-state index in [1.807, 2.05) is 0 Å². The van der Waals surface area contributed by atoms with E-state index in [1.165, 1.54) is 77.0 Å². The summed E-state index contributed by atoms with van der Waals surface area (Å²) in [6.45, 7) is 6.40. The van der Waals surface area contributed by atoms with Gasteiger partial charge in [0.05, 0.1) is 0 Å². The van der Waals surface area contributed by atoms with Crippen LogP contribution < -0.4 is 0 Å². The molecule has 6 heteroatoms. The quantitative estimate of drug-likeness (QED) is 0.0262. The Morgan fingerprint density at radius 3 is 0.940 bits per heavy atom. The average Bonchev–Trinajstić information content (AvgIpc) is 3.33. The Hall–Kier alpha value is -3.93. The Balaban J connectivity index is 4.52. The molecular formula is C61H100O6. The molecule has 0 aromatic carbocycles. The molecule has 0 aromatic heterocycles. The standard InChI is InChI=1S/C61H100O6/c1-4-7-10-13-16-19-22-25-28-30-33-36-39-42-45-48-51-54-60(63)66-57-58(56-65-59(62)53-50-47-44-41-38-35-32-27-24-21-18-15-12-9-6-3)67-61(64)55-52-49-46-43-40-37-34-31-29-26-23-20-17-14-11-8-5-2/h7,10,16-21,25-29,32-33,36,38,41,58H,4-6,8-9,11-15,22-24,30-31,34-35,37,39-40,42-57H2,1-3H3/b10-7-,19-16-,20-17-,21-18-,28-25-,29-26-,32-27-,36-33-,41-38-/t58-/m0/s1. The minimum Gasteiger partial charge on any atom is -0.462 e. The first-order chi connectivity index (χ1) is 33.0. The van der Waals surface area contributed by atoms with Crippen molar-refractivity contribution in [3.05, 3.63) is 109 Å². The predicted octanol–water partition coefficient (Wildman–Crippen LogP) is 18.3. The van der Waals surface area contributed by atoms with Crippen molar-refractivity contribution in [1.29, 1.82) is 0 Å². The largest absolute Gasteiger partial charge is 0.462 e. The summed E-state index contributed by atoms with van der Waals surface area (Å²) >= 11 is 0. The van der Waals surface area contributed by atoms with Crippen LogP contribution >= 0.6 is 0 Å². The maximum atomic E-state index is 12.8. The van der Waals surface area contributed by atoms with Crippen LogP contribution in [0.15, 0.2) is 109 Å². The molecule has 0 bridgehead atoms. The molecule has 0 saturated heterocycles. The van der Waals surface area contributed by atoms with Gasteiger partial charge in [-0.05, 0) is 128 Å². The Morgan fingerprint density at radius 2 is 0.582 bits per heavy atom. The molecule has 1 atom stereocenters. The predicted molar refractivity (Wildman–Crippen MR) is 288 cm³/mol. The zero-order chi connectivity index (χ0) is 48.6. The molecule has 0 unspecified atom stereocenters. The number of carbonyl (C=O) groups excluding carboxylic acids is 3. The van der Waals surface area contributed by atoms with Crippen LogP contribution in [0.1, 0.15) is 239 Å². The van der Waals surface area contributed by atoms with E-state index in [1.54, 1.807) is 0 Å². The number of rotatable bonds is 48. The molecule has 380 valence electrons. The number of hydrogen-bond acceptors (Lipinski definition) is 6. The molecule has 0 radical (unpaired) electrons. The van der Waals surface area contributed by atoms with Crippen molar-refractivity contribution in [2.75, 3.05) is 13.2 Å². The van der Waals surface area contributed by atoms with E-state index < -0.39 is 6.10 Å². The lowest BCUT2D eigenvalue weighted by atomic mass is 10.1. The normalized spacial score (nSPS) is 12.9. The van der Waals surface area contributed by atoms with Gasteiger partial charge in [-0.25, -0.2) is 0 Å². The van der Waals surface area contributed by atoms with Gasteiger partial charge in [0, 0.05) is 19.3 Å². The van der Waals surface area contributed by atoms with Crippen molar-refractivity contribution >= 4 is 17.9 Å². The fourth-order valence-electron chi connectivity index (χ4n) is 7.12. The lowest BCUT2D eigenvalue weighted by Crippen LogP contribution is -2.30. The van der Waals surface area contributed by atoms with Gasteiger partial charge in [0.25, 0.3) is 0 Å². The number of carbonyl (C=O) groups is 3. The SMILES string of the molecule is CC/C=C\C/C=C\C/C=C\C/C=C\CCCCCCC(=O)OC[C@H](COC(=O)CCCC/C=C\C/C=C\C/C=C\CCCCC)OC(=O)CCCCCCCCC/C=C\C/C=C\CCCCC. The second-order valence-electron chi connectivity index (χ2n) is 17.7. The molecule has 6 nitrogen and oxygen atoms in total. The molecule has 0 spiro atoms. The van der Waals surface area contributed by atoms with Gasteiger partial charge in [0.1, 0.15) is 13.2 Å². The van der Waals surface area contributed by atoms with E-state index in [-0.39, 0.29) is 31.1 Å². The lowest BCUT2D eigenvalue weighted by molar-refractivity contribution is -0.167. The van der Waals surface area contributed by atoms with Crippen LogP contribution in [-0.4, -0.2) is 37.2 Å². The summed E-state index contributed by atoms with van der Waals surface area (Å²) in [5.74, 6) is -0.979. The first kappa shape index (κ1) is 63.1. The Bertz CT molecular complexity index is 1390. The second kappa shape index (κ2) is 54.7. The van der Waals surface area contributed by atoms with Crippen molar-refractivity contribution in [3.8, 4) is 0 Å². The van der Waals surface area contributed by atoms with Gasteiger partial charge in [0.2, 0.25) is 0 Å². The smallest absolute Gasteiger partial charge is 0.306 e. The second-order valence-corrected chi connectivity index (χ2v) is 17.7. The molecule has 0 heterocycles. The van der Waals surface area contributed by atoms with Crippen LogP contribution in [0.4, 0.5) is 0 Å². The monoisotopic (exact) mass is 929 g/mol. The van der Waals surface area contributed by atoms with Crippen LogP contribution in [0, 0.1) is 0 Å². The molecule has 67 heavy (non-hydrogen) atoms. The van der Waals surface area contributed by atoms with Gasteiger partial charge in [0.15, 0.2) is 6.10 Å². The van der Waals surface area contributed by atoms with E-state index in [0.717, 1.165) is 122 Å². The highest BCUT2D eigenvalue weighted by molar-refractivity contribution is 5.71. The summed E-state index contributed by atoms with van der Waals surface area (Å²) < 4.78 is 16.8. The van der Waals surface area contributed by atoms with E-state index in [4.69, 9.17) is 14.2 Å². The molecule has 0 rings (SSSR count). The van der Waals surface area contributed by atoms with E-state index in [0.29, 0.717) is 19.3 Å². The molecule has 0 aliphatic carbocycles. The Kier molecular flexibility index (Phi) is 51.5. The number of unbranched alkanes of at least 4 members (excludes halogenated alkanes) is 19. The van der Waals surface area contributed by atoms with E-state index in [9.17, 15) is 14.4 Å². The van der Waals surface area contributed by atoms with Crippen molar-refractivity contribution < 1.29 is 28.6 Å². The summed E-state index contributed by atoms with van der Waals surface area (Å²) in [6, 6.07) is 0. The van der Waals surface area contributed by atoms with Gasteiger partial charge in [-0.2, -0.15) is 0 Å². The van der Waals surface area contributed by atoms with Gasteiger partial charge in [-0.3, -0.25) is 14.4 Å². The van der Waals surface area contributed by atoms with Crippen LogP contribution in [0.5, 0.6) is 0 Å². The van der Waals surface area contributed by atoms with Crippen molar-refractivity contribution in [3.63, 3.8) is 0 Å². The number of ether oxygens (including phenoxy) is 3. The number of allylic oxidation sites excluding steroid dienone is 18. The highest BCUT2D eigenvalue weighted by atomic mass is 16.6. The minimum absolute atomic E-state index is 0.108. The first-order valence-corrected chi connectivity index (χ1v) is 27.4. The molecule has 0 fully saturated rings. The molecular weight excluding hydrogens is 829 g/mol. The molecule has 0 aliphatic rings. The van der Waals surface area contributed by atoms with Gasteiger partial charge < -0.3 is 14.2 Å². The van der Waals surface area contributed by atoms with Gasteiger partial charge >= 0.3 is 17.9 Å². The maximum absolute atomic E-state index is 12.8. The fourth-order valence-corrected chi connectivity index (χ4v) is 7.12. The van der Waals surface area contributed by atoms with Crippen molar-refractivity contribution in [2.45, 2.75) is 245 Å². The summed E-state index contributed by atoms with van der Waals surface area (Å²) in [5.41, 5.74) is 0. The third-order valence-corrected chi connectivity index (χ3v) is 11.2. The first-order valence-electron chi connectivity index (χ1n) is 27.4. The van der Waals surface area contributed by atoms with Gasteiger partial charge in [-0.1, -0.05) is 201 Å². The zero-order valence-corrected chi connectivity index (χ0v) is 43.4. The fraction of sp³-hybridized carbons (Fsp3) is 0.656. The molecule has 0 aliphatic heterocycles. The van der Waals surface area contributed by atoms with Crippen LogP contribution in [0.25, 0.3) is 0 Å². The molecule has 0 N–H and O–H groups in total. The van der Waals surface area contributed by atoms with Crippen molar-refractivity contribution in [1.82, 2.24) is 0 Å². The Morgan fingerprint density at radius 1 is 0.313 bits per heavy atom. The highest BCUT2D eigenvalue weighted by Gasteiger charge is 2.19. The molecule has 0 aromatic rings. The summed E-state index contributed by atoms with van der Waals surface area (Å²) in [5, 5.41) is 0. The molecule has 0 saturated carbocycles. The average molecular weight is 929 g/mol. The maximum Gasteiger partial charge on any atom is 0.306 e. The minimum atomic E-state index is -0.810. The lowest BCUT2D eigenvalue weighted by Gasteiger charge is -2.18.